The Morgan fingerprint density at radius 2 is 2.21 bits per heavy atom. The van der Waals surface area contributed by atoms with Crippen LogP contribution in [0, 0.1) is 0 Å². The Bertz CT molecular complexity index is 539. The Morgan fingerprint density at radius 3 is 2.68 bits per heavy atom. The van der Waals surface area contributed by atoms with Gasteiger partial charge >= 0.3 is 5.97 Å². The maximum Gasteiger partial charge on any atom is 0.339 e. The zero-order valence-corrected chi connectivity index (χ0v) is 10.8. The van der Waals surface area contributed by atoms with E-state index in [0.29, 0.717) is 24.2 Å². The molecule has 0 radical (unpaired) electrons. The van der Waals surface area contributed by atoms with Gasteiger partial charge in [0.05, 0.1) is 30.7 Å². The van der Waals surface area contributed by atoms with Crippen LogP contribution < -0.4 is 0 Å². The van der Waals surface area contributed by atoms with Crippen LogP contribution in [-0.4, -0.2) is 43.1 Å². The van der Waals surface area contributed by atoms with Gasteiger partial charge in [-0.1, -0.05) is 7.43 Å². The monoisotopic (exact) mass is 286 g/mol. The first kappa shape index (κ1) is 15.6. The highest BCUT2D eigenvalue weighted by atomic mass is 32.2. The van der Waals surface area contributed by atoms with Gasteiger partial charge in [-0.2, -0.15) is 4.31 Å². The highest BCUT2D eigenvalue weighted by Crippen LogP contribution is 2.16. The van der Waals surface area contributed by atoms with Crippen LogP contribution in [-0.2, 0) is 21.3 Å². The van der Waals surface area contributed by atoms with E-state index in [1.54, 1.807) is 12.1 Å². The van der Waals surface area contributed by atoms with Gasteiger partial charge in [0.2, 0.25) is 10.0 Å². The molecule has 2 heterocycles. The SMILES string of the molecule is C.COC(=O)c1ccc(CN2CCCS2(=O)=O)nc1. The molecule has 6 nitrogen and oxygen atoms in total. The third-order valence-corrected chi connectivity index (χ3v) is 4.69. The van der Waals surface area contributed by atoms with Gasteiger partial charge in [0.15, 0.2) is 0 Å². The number of rotatable bonds is 3. The second-order valence-corrected chi connectivity index (χ2v) is 6.12. The zero-order valence-electron chi connectivity index (χ0n) is 10.00. The van der Waals surface area contributed by atoms with E-state index in [1.807, 2.05) is 0 Å². The van der Waals surface area contributed by atoms with Gasteiger partial charge in [0.25, 0.3) is 0 Å². The average molecular weight is 286 g/mol. The van der Waals surface area contributed by atoms with Crippen molar-refractivity contribution in [2.24, 2.45) is 0 Å². The minimum absolute atomic E-state index is 0. The Labute approximate surface area is 113 Å². The normalized spacial score (nSPS) is 17.7. The van der Waals surface area contributed by atoms with E-state index in [4.69, 9.17) is 0 Å². The summed E-state index contributed by atoms with van der Waals surface area (Å²) >= 11 is 0. The fourth-order valence-corrected chi connectivity index (χ4v) is 3.29. The predicted octanol–water partition coefficient (Wildman–Crippen LogP) is 1.04. The maximum atomic E-state index is 11.6. The molecule has 1 aliphatic rings. The number of nitrogens with zero attached hydrogens (tertiary/aromatic N) is 2. The molecule has 1 aliphatic heterocycles. The van der Waals surface area contributed by atoms with Gasteiger partial charge < -0.3 is 4.74 Å². The van der Waals surface area contributed by atoms with E-state index in [-0.39, 0.29) is 19.7 Å². The molecule has 0 N–H and O–H groups in total. The summed E-state index contributed by atoms with van der Waals surface area (Å²) in [6, 6.07) is 3.22. The summed E-state index contributed by atoms with van der Waals surface area (Å²) < 4.78 is 29.2. The van der Waals surface area contributed by atoms with Crippen LogP contribution in [0.15, 0.2) is 18.3 Å². The topological polar surface area (TPSA) is 76.6 Å². The first-order chi connectivity index (χ1) is 8.53. The lowest BCUT2D eigenvalue weighted by atomic mass is 10.2. The number of hydrogen-bond acceptors (Lipinski definition) is 5. The van der Waals surface area contributed by atoms with Crippen LogP contribution in [0.2, 0.25) is 0 Å². The van der Waals surface area contributed by atoms with Gasteiger partial charge in [0, 0.05) is 12.7 Å². The van der Waals surface area contributed by atoms with Crippen molar-refractivity contribution >= 4 is 16.0 Å². The molecule has 1 aromatic rings. The number of esters is 1. The summed E-state index contributed by atoms with van der Waals surface area (Å²) in [6.45, 7) is 0.784. The van der Waals surface area contributed by atoms with Gasteiger partial charge in [-0.3, -0.25) is 4.98 Å². The first-order valence-corrected chi connectivity index (χ1v) is 7.15. The number of methoxy groups -OCH3 is 1. The molecule has 0 spiro atoms. The summed E-state index contributed by atoms with van der Waals surface area (Å²) in [5, 5.41) is 0. The fraction of sp³-hybridized carbons (Fsp3) is 0.500. The number of hydrogen-bond donors (Lipinski definition) is 0. The zero-order chi connectivity index (χ0) is 13.2. The van der Waals surface area contributed by atoms with E-state index >= 15 is 0 Å². The van der Waals surface area contributed by atoms with Crippen LogP contribution in [0.5, 0.6) is 0 Å². The van der Waals surface area contributed by atoms with E-state index in [1.165, 1.54) is 17.6 Å². The van der Waals surface area contributed by atoms with Crippen molar-refractivity contribution < 1.29 is 17.9 Å². The van der Waals surface area contributed by atoms with Crippen molar-refractivity contribution in [1.29, 1.82) is 0 Å². The minimum atomic E-state index is -3.11. The first-order valence-electron chi connectivity index (χ1n) is 5.54. The lowest BCUT2D eigenvalue weighted by Crippen LogP contribution is -2.25. The van der Waals surface area contributed by atoms with Crippen LogP contribution in [0.4, 0.5) is 0 Å². The molecule has 1 aromatic heterocycles. The molecule has 2 rings (SSSR count). The van der Waals surface area contributed by atoms with Crippen molar-refractivity contribution in [3.05, 3.63) is 29.6 Å². The second kappa shape index (κ2) is 6.12. The Morgan fingerprint density at radius 1 is 1.47 bits per heavy atom. The summed E-state index contributed by atoms with van der Waals surface area (Å²) in [5.74, 6) is -0.254. The molecule has 0 atom stereocenters. The minimum Gasteiger partial charge on any atom is -0.465 e. The Hall–Kier alpha value is -1.47. The number of carbonyl (C=O) groups excluding carboxylic acids is 1. The van der Waals surface area contributed by atoms with Crippen LogP contribution in [0.1, 0.15) is 29.9 Å². The van der Waals surface area contributed by atoms with E-state index < -0.39 is 16.0 Å². The van der Waals surface area contributed by atoms with E-state index in [2.05, 4.69) is 9.72 Å². The van der Waals surface area contributed by atoms with E-state index in [0.717, 1.165) is 0 Å². The van der Waals surface area contributed by atoms with Gasteiger partial charge in [-0.15, -0.1) is 0 Å². The van der Waals surface area contributed by atoms with Crippen molar-refractivity contribution in [3.63, 3.8) is 0 Å². The van der Waals surface area contributed by atoms with Crippen molar-refractivity contribution in [3.8, 4) is 0 Å². The number of pyridine rings is 1. The number of aromatic nitrogens is 1. The summed E-state index contributed by atoms with van der Waals surface area (Å²) in [5.41, 5.74) is 0.971. The molecule has 0 unspecified atom stereocenters. The third kappa shape index (κ3) is 3.51. The molecule has 0 aliphatic carbocycles. The molecule has 0 bridgehead atoms. The molecule has 0 aromatic carbocycles. The lowest BCUT2D eigenvalue weighted by Gasteiger charge is -2.13. The molecule has 106 valence electrons. The molecule has 0 amide bonds. The molecular formula is C12H18N2O4S. The molecule has 1 fully saturated rings. The van der Waals surface area contributed by atoms with Crippen molar-refractivity contribution in [2.45, 2.75) is 20.4 Å². The smallest absolute Gasteiger partial charge is 0.339 e. The quantitative estimate of drug-likeness (QED) is 0.776. The van der Waals surface area contributed by atoms with Gasteiger partial charge in [-0.05, 0) is 18.6 Å². The van der Waals surface area contributed by atoms with Gasteiger partial charge in [0.1, 0.15) is 0 Å². The van der Waals surface area contributed by atoms with Crippen molar-refractivity contribution in [2.75, 3.05) is 19.4 Å². The number of carbonyl (C=O) groups is 1. The van der Waals surface area contributed by atoms with Crippen LogP contribution in [0.3, 0.4) is 0 Å². The summed E-state index contributed by atoms with van der Waals surface area (Å²) in [4.78, 5) is 15.3. The Kier molecular flexibility index (Phi) is 5.02. The van der Waals surface area contributed by atoms with E-state index in [9.17, 15) is 13.2 Å². The average Bonchev–Trinajstić information content (AvgIpc) is 2.69. The summed E-state index contributed by atoms with van der Waals surface area (Å²) in [6.07, 6.45) is 2.05. The lowest BCUT2D eigenvalue weighted by molar-refractivity contribution is 0.0600. The second-order valence-electron chi connectivity index (χ2n) is 4.03. The van der Waals surface area contributed by atoms with Gasteiger partial charge in [-0.25, -0.2) is 13.2 Å². The largest absolute Gasteiger partial charge is 0.465 e. The fourth-order valence-electron chi connectivity index (χ4n) is 1.81. The number of ether oxygens (including phenoxy) is 1. The highest BCUT2D eigenvalue weighted by molar-refractivity contribution is 7.89. The maximum absolute atomic E-state index is 11.6. The van der Waals surface area contributed by atoms with Crippen LogP contribution in [0.25, 0.3) is 0 Å². The Balaban J connectivity index is 0.00000180. The summed E-state index contributed by atoms with van der Waals surface area (Å²) in [7, 11) is -1.82. The predicted molar refractivity (Wildman–Crippen MR) is 71.1 cm³/mol. The highest BCUT2D eigenvalue weighted by Gasteiger charge is 2.28. The standard InChI is InChI=1S/C11H14N2O4S.CH4/c1-17-11(14)9-3-4-10(12-7-9)8-13-5-2-6-18(13,15)16;/h3-4,7H,2,5-6,8H2,1H3;1H4. The molecule has 19 heavy (non-hydrogen) atoms. The molecule has 7 heteroatoms. The molecule has 0 saturated carbocycles. The number of sulfonamides is 1. The third-order valence-electron chi connectivity index (χ3n) is 2.79. The molecule has 1 saturated heterocycles. The molecular weight excluding hydrogens is 268 g/mol. The van der Waals surface area contributed by atoms with Crippen molar-refractivity contribution in [1.82, 2.24) is 9.29 Å². The van der Waals surface area contributed by atoms with Crippen LogP contribution >= 0.6 is 0 Å².